The van der Waals surface area contributed by atoms with E-state index in [4.69, 9.17) is 0 Å². The van der Waals surface area contributed by atoms with Gasteiger partial charge in [-0.1, -0.05) is 20.3 Å². The Morgan fingerprint density at radius 2 is 2.21 bits per heavy atom. The molecule has 0 aromatic carbocycles. The lowest BCUT2D eigenvalue weighted by atomic mass is 10.2. The summed E-state index contributed by atoms with van der Waals surface area (Å²) < 4.78 is 2.35. The molecule has 0 spiro atoms. The second-order valence-corrected chi connectivity index (χ2v) is 4.72. The van der Waals surface area contributed by atoms with Crippen molar-refractivity contribution in [2.75, 3.05) is 5.75 Å². The number of rotatable bonds is 7. The molecule has 0 unspecified atom stereocenters. The van der Waals surface area contributed by atoms with E-state index < -0.39 is 0 Å². The molecule has 0 fully saturated rings. The Morgan fingerprint density at radius 1 is 1.36 bits per heavy atom. The number of nitrogens with zero attached hydrogens (tertiary/aromatic N) is 1. The number of aromatic amines is 1. The third-order valence-corrected chi connectivity index (χ3v) is 3.18. The molecule has 1 heterocycles. The number of aromatic nitrogens is 2. The van der Waals surface area contributed by atoms with E-state index in [1.54, 1.807) is 0 Å². The van der Waals surface area contributed by atoms with Crippen molar-refractivity contribution in [2.24, 2.45) is 0 Å². The highest BCUT2D eigenvalue weighted by Gasteiger charge is 2.08. The minimum absolute atomic E-state index is 1.11. The van der Waals surface area contributed by atoms with Crippen LogP contribution in [0.5, 0.6) is 0 Å². The third kappa shape index (κ3) is 3.74. The number of thioether (sulfide) groups is 1. The quantitative estimate of drug-likeness (QED) is 0.545. The van der Waals surface area contributed by atoms with E-state index in [0.717, 1.165) is 12.3 Å². The molecule has 0 aliphatic rings. The Bertz CT molecular complexity index is 245. The molecular weight excluding hydrogens is 192 g/mol. The van der Waals surface area contributed by atoms with E-state index in [2.05, 4.69) is 29.6 Å². The minimum Gasteiger partial charge on any atom is -0.247 e. The third-order valence-electron chi connectivity index (χ3n) is 2.30. The van der Waals surface area contributed by atoms with Crippen LogP contribution in [0.2, 0.25) is 0 Å². The molecule has 0 radical (unpaired) electrons. The molecule has 14 heavy (non-hydrogen) atoms. The zero-order valence-electron chi connectivity index (χ0n) is 9.25. The lowest BCUT2D eigenvalue weighted by molar-refractivity contribution is -0.702. The van der Waals surface area contributed by atoms with Gasteiger partial charge in [-0.2, -0.15) is 0 Å². The molecule has 1 rings (SSSR count). The second-order valence-electron chi connectivity index (χ2n) is 3.44. The molecule has 0 amide bonds. The van der Waals surface area contributed by atoms with Crippen molar-refractivity contribution in [3.63, 3.8) is 0 Å². The fourth-order valence-electron chi connectivity index (χ4n) is 1.46. The number of H-pyrrole nitrogens is 1. The van der Waals surface area contributed by atoms with Gasteiger partial charge in [-0.25, -0.2) is 9.55 Å². The van der Waals surface area contributed by atoms with Gasteiger partial charge in [0, 0.05) is 0 Å². The van der Waals surface area contributed by atoms with E-state index in [1.165, 1.54) is 30.8 Å². The van der Waals surface area contributed by atoms with Crippen LogP contribution in [-0.2, 0) is 12.3 Å². The minimum atomic E-state index is 1.11. The number of hydrogen-bond donors (Lipinski definition) is 1. The first kappa shape index (κ1) is 11.6. The average molecular weight is 213 g/mol. The van der Waals surface area contributed by atoms with Gasteiger partial charge in [0.1, 0.15) is 12.4 Å². The maximum atomic E-state index is 3.31. The zero-order valence-corrected chi connectivity index (χ0v) is 10.1. The molecular formula is C11H21N2S+. The largest absolute Gasteiger partial charge is 0.264 e. The Balaban J connectivity index is 2.37. The fraction of sp³-hybridized carbons (Fsp3) is 0.727. The summed E-state index contributed by atoms with van der Waals surface area (Å²) in [5.74, 6) is 3.65. The summed E-state index contributed by atoms with van der Waals surface area (Å²) in [6, 6.07) is 0. The highest BCUT2D eigenvalue weighted by molar-refractivity contribution is 7.98. The lowest BCUT2D eigenvalue weighted by Crippen LogP contribution is -2.35. The van der Waals surface area contributed by atoms with E-state index >= 15 is 0 Å². The van der Waals surface area contributed by atoms with Gasteiger partial charge >= 0.3 is 0 Å². The molecule has 0 aliphatic heterocycles. The van der Waals surface area contributed by atoms with Gasteiger partial charge in [0.25, 0.3) is 5.82 Å². The summed E-state index contributed by atoms with van der Waals surface area (Å²) in [5.41, 5.74) is 0. The highest BCUT2D eigenvalue weighted by Crippen LogP contribution is 2.06. The molecule has 0 saturated carbocycles. The van der Waals surface area contributed by atoms with Crippen molar-refractivity contribution in [3.05, 3.63) is 18.2 Å². The van der Waals surface area contributed by atoms with Crippen LogP contribution in [0.1, 0.15) is 38.9 Å². The van der Waals surface area contributed by atoms with Crippen molar-refractivity contribution in [1.29, 1.82) is 0 Å². The van der Waals surface area contributed by atoms with E-state index in [0.29, 0.717) is 0 Å². The summed E-state index contributed by atoms with van der Waals surface area (Å²) in [4.78, 5) is 3.31. The van der Waals surface area contributed by atoms with Gasteiger partial charge in [-0.15, -0.1) is 11.8 Å². The number of hydrogen-bond acceptors (Lipinski definition) is 1. The maximum Gasteiger partial charge on any atom is 0.264 e. The Labute approximate surface area is 91.1 Å². The lowest BCUT2D eigenvalue weighted by Gasteiger charge is -1.99. The van der Waals surface area contributed by atoms with Crippen molar-refractivity contribution in [1.82, 2.24) is 4.98 Å². The Morgan fingerprint density at radius 3 is 2.93 bits per heavy atom. The van der Waals surface area contributed by atoms with Gasteiger partial charge in [-0.05, 0) is 18.6 Å². The van der Waals surface area contributed by atoms with Crippen molar-refractivity contribution >= 4 is 11.8 Å². The van der Waals surface area contributed by atoms with E-state index in [-0.39, 0.29) is 0 Å². The van der Waals surface area contributed by atoms with Crippen LogP contribution in [0.4, 0.5) is 0 Å². The molecule has 80 valence electrons. The van der Waals surface area contributed by atoms with Gasteiger partial charge in [0.05, 0.1) is 12.3 Å². The number of nitrogens with one attached hydrogen (secondary N) is 1. The fourth-order valence-corrected chi connectivity index (χ4v) is 2.11. The van der Waals surface area contributed by atoms with Crippen LogP contribution in [0.3, 0.4) is 0 Å². The summed E-state index contributed by atoms with van der Waals surface area (Å²) >= 11 is 1.97. The Hall–Kier alpha value is -0.440. The molecule has 0 saturated heterocycles. The van der Waals surface area contributed by atoms with Gasteiger partial charge in [0.2, 0.25) is 0 Å². The van der Waals surface area contributed by atoms with Crippen LogP contribution >= 0.6 is 11.8 Å². The average Bonchev–Trinajstić information content (AvgIpc) is 2.63. The van der Waals surface area contributed by atoms with Crippen molar-refractivity contribution in [3.8, 4) is 0 Å². The molecule has 1 aromatic rings. The zero-order chi connectivity index (χ0) is 10.2. The van der Waals surface area contributed by atoms with E-state index in [9.17, 15) is 0 Å². The molecule has 1 aromatic heterocycles. The predicted molar refractivity (Wildman–Crippen MR) is 62.3 cm³/mol. The smallest absolute Gasteiger partial charge is 0.247 e. The predicted octanol–water partition coefficient (Wildman–Crippen LogP) is 2.75. The van der Waals surface area contributed by atoms with E-state index in [1.807, 2.05) is 18.0 Å². The Kier molecular flexibility index (Phi) is 5.76. The molecule has 3 heteroatoms. The van der Waals surface area contributed by atoms with Crippen LogP contribution in [-0.4, -0.2) is 10.7 Å². The molecule has 0 bridgehead atoms. The van der Waals surface area contributed by atoms with Crippen LogP contribution in [0, 0.1) is 0 Å². The topological polar surface area (TPSA) is 19.7 Å². The number of aryl methyl sites for hydroxylation is 1. The molecule has 2 nitrogen and oxygen atoms in total. The normalized spacial score (nSPS) is 10.7. The van der Waals surface area contributed by atoms with Crippen molar-refractivity contribution < 1.29 is 4.57 Å². The first-order valence-corrected chi connectivity index (χ1v) is 6.67. The van der Waals surface area contributed by atoms with Gasteiger partial charge < -0.3 is 0 Å². The molecule has 1 N–H and O–H groups in total. The standard InChI is InChI=1S/C11H20N2S/c1-3-5-6-8-13-9-7-12-11(13)10-14-4-2/h7,9H,3-6,8,10H2,1-2H3/p+1. The van der Waals surface area contributed by atoms with Gasteiger partial charge in [0.15, 0.2) is 0 Å². The van der Waals surface area contributed by atoms with Crippen LogP contribution in [0.15, 0.2) is 12.4 Å². The molecule has 0 atom stereocenters. The second kappa shape index (κ2) is 6.93. The van der Waals surface area contributed by atoms with Crippen molar-refractivity contribution in [2.45, 2.75) is 45.4 Å². The summed E-state index contributed by atoms with van der Waals surface area (Å²) in [6.07, 6.45) is 8.12. The summed E-state index contributed by atoms with van der Waals surface area (Å²) in [7, 11) is 0. The summed E-state index contributed by atoms with van der Waals surface area (Å²) in [5, 5.41) is 0. The van der Waals surface area contributed by atoms with Crippen LogP contribution in [0.25, 0.3) is 0 Å². The van der Waals surface area contributed by atoms with Gasteiger partial charge in [-0.3, -0.25) is 0 Å². The SMILES string of the molecule is CCCCC[n+]1cc[nH]c1CSCC. The first-order valence-electron chi connectivity index (χ1n) is 5.52. The number of unbranched alkanes of at least 4 members (excludes halogenated alkanes) is 2. The number of imidazole rings is 1. The maximum absolute atomic E-state index is 3.31. The highest BCUT2D eigenvalue weighted by atomic mass is 32.2. The molecule has 0 aliphatic carbocycles. The first-order chi connectivity index (χ1) is 6.88. The monoisotopic (exact) mass is 213 g/mol. The van der Waals surface area contributed by atoms with Crippen LogP contribution < -0.4 is 4.57 Å². The summed E-state index contributed by atoms with van der Waals surface area (Å²) in [6.45, 7) is 5.61.